The van der Waals surface area contributed by atoms with E-state index in [2.05, 4.69) is 10.3 Å². The number of hydrogen-bond donors (Lipinski definition) is 1. The van der Waals surface area contributed by atoms with Crippen LogP contribution in [0, 0.1) is 0 Å². The number of fused-ring (bicyclic) bond motifs is 1. The number of carbonyl (C=O) groups is 1. The second-order valence-corrected chi connectivity index (χ2v) is 8.67. The molecule has 0 aliphatic rings. The Hall–Kier alpha value is -2.38. The maximum atomic E-state index is 12.7. The van der Waals surface area contributed by atoms with Gasteiger partial charge in [0.2, 0.25) is 20.9 Å². The zero-order valence-corrected chi connectivity index (χ0v) is 16.6. The molecule has 3 aromatic rings. The summed E-state index contributed by atoms with van der Waals surface area (Å²) in [7, 11) is -3.57. The molecule has 1 amide bonds. The normalized spacial score (nSPS) is 12.9. The van der Waals surface area contributed by atoms with Gasteiger partial charge in [-0.15, -0.1) is 0 Å². The first kappa shape index (κ1) is 19.4. The Morgan fingerprint density at radius 1 is 1.19 bits per heavy atom. The van der Waals surface area contributed by atoms with Gasteiger partial charge in [-0.2, -0.15) is 0 Å². The molecular weight excluding hydrogens is 386 g/mol. The van der Waals surface area contributed by atoms with Crippen molar-refractivity contribution in [1.29, 1.82) is 0 Å². The average molecular weight is 406 g/mol. The summed E-state index contributed by atoms with van der Waals surface area (Å²) in [5.74, 6) is -0.287. The highest BCUT2D eigenvalue weighted by atomic mass is 35.5. The summed E-state index contributed by atoms with van der Waals surface area (Å²) in [6, 6.07) is 14.1. The van der Waals surface area contributed by atoms with Crippen LogP contribution >= 0.6 is 11.6 Å². The van der Waals surface area contributed by atoms with E-state index in [1.807, 2.05) is 19.1 Å². The van der Waals surface area contributed by atoms with E-state index in [9.17, 15) is 13.2 Å². The first-order chi connectivity index (χ1) is 12.8. The number of para-hydroxylation sites is 2. The molecule has 8 heteroatoms. The van der Waals surface area contributed by atoms with Gasteiger partial charge >= 0.3 is 0 Å². The Morgan fingerprint density at radius 2 is 1.85 bits per heavy atom. The summed E-state index contributed by atoms with van der Waals surface area (Å²) in [5, 5.41) is 3.47. The molecule has 0 unspecified atom stereocenters. The number of sulfone groups is 1. The highest BCUT2D eigenvalue weighted by molar-refractivity contribution is 7.90. The van der Waals surface area contributed by atoms with Crippen molar-refractivity contribution in [1.82, 2.24) is 14.9 Å². The van der Waals surface area contributed by atoms with Crippen molar-refractivity contribution in [2.45, 2.75) is 31.1 Å². The molecule has 0 bridgehead atoms. The number of aromatic nitrogens is 2. The summed E-state index contributed by atoms with van der Waals surface area (Å²) in [4.78, 5) is 16.8. The van der Waals surface area contributed by atoms with Crippen LogP contribution in [0.2, 0.25) is 5.02 Å². The highest BCUT2D eigenvalue weighted by Gasteiger charge is 2.22. The van der Waals surface area contributed by atoms with Crippen LogP contribution in [0.1, 0.15) is 24.9 Å². The summed E-state index contributed by atoms with van der Waals surface area (Å²) >= 11 is 5.92. The number of amides is 1. The quantitative estimate of drug-likeness (QED) is 0.681. The Labute approximate surface area is 163 Å². The second-order valence-electron chi connectivity index (χ2n) is 6.32. The predicted molar refractivity (Wildman–Crippen MR) is 105 cm³/mol. The molecule has 3 rings (SSSR count). The lowest BCUT2D eigenvalue weighted by Crippen LogP contribution is -2.32. The van der Waals surface area contributed by atoms with E-state index in [1.54, 1.807) is 36.4 Å². The fraction of sp³-hybridized carbons (Fsp3) is 0.263. The monoisotopic (exact) mass is 405 g/mol. The van der Waals surface area contributed by atoms with Crippen LogP contribution in [-0.2, 0) is 21.2 Å². The molecule has 27 heavy (non-hydrogen) atoms. The van der Waals surface area contributed by atoms with E-state index in [0.717, 1.165) is 11.8 Å². The van der Waals surface area contributed by atoms with Gasteiger partial charge in [-0.1, -0.05) is 42.8 Å². The number of carbonyl (C=O) groups excluding carboxylic acids is 1. The van der Waals surface area contributed by atoms with Gasteiger partial charge in [0.1, 0.15) is 6.54 Å². The molecule has 2 aromatic carbocycles. The van der Waals surface area contributed by atoms with Gasteiger partial charge in [0, 0.05) is 11.3 Å². The first-order valence-corrected chi connectivity index (χ1v) is 10.8. The molecule has 1 N–H and O–H groups in total. The molecule has 1 atom stereocenters. The number of hydrogen-bond acceptors (Lipinski definition) is 4. The third kappa shape index (κ3) is 4.31. The van der Waals surface area contributed by atoms with Crippen LogP contribution in [-0.4, -0.2) is 30.1 Å². The minimum Gasteiger partial charge on any atom is -0.348 e. The Morgan fingerprint density at radius 3 is 2.48 bits per heavy atom. The zero-order valence-electron chi connectivity index (χ0n) is 15.0. The Kier molecular flexibility index (Phi) is 5.53. The van der Waals surface area contributed by atoms with Crippen molar-refractivity contribution in [3.8, 4) is 0 Å². The molecule has 6 nitrogen and oxygen atoms in total. The van der Waals surface area contributed by atoms with Crippen LogP contribution in [0.4, 0.5) is 0 Å². The summed E-state index contributed by atoms with van der Waals surface area (Å²) in [6.45, 7) is 1.83. The predicted octanol–water partition coefficient (Wildman–Crippen LogP) is 3.36. The van der Waals surface area contributed by atoms with E-state index < -0.39 is 9.84 Å². The fourth-order valence-electron chi connectivity index (χ4n) is 2.99. The lowest BCUT2D eigenvalue weighted by molar-refractivity contribution is -0.122. The number of nitrogens with zero attached hydrogens (tertiary/aromatic N) is 2. The molecule has 1 aromatic heterocycles. The van der Waals surface area contributed by atoms with Crippen molar-refractivity contribution in [2.75, 3.05) is 6.26 Å². The lowest BCUT2D eigenvalue weighted by Gasteiger charge is -2.18. The summed E-state index contributed by atoms with van der Waals surface area (Å²) < 4.78 is 25.7. The second kappa shape index (κ2) is 7.70. The summed E-state index contributed by atoms with van der Waals surface area (Å²) in [5.41, 5.74) is 2.08. The van der Waals surface area contributed by atoms with Gasteiger partial charge in [0.05, 0.1) is 17.1 Å². The van der Waals surface area contributed by atoms with Crippen LogP contribution in [0.15, 0.2) is 53.7 Å². The molecule has 0 saturated carbocycles. The Bertz CT molecular complexity index is 1080. The molecular formula is C19H20ClN3O3S. The SMILES string of the molecule is CC[C@@H](NC(=O)Cn1c(S(C)(=O)=O)nc2ccccc21)c1ccc(Cl)cc1. The number of nitrogens with one attached hydrogen (secondary N) is 1. The van der Waals surface area contributed by atoms with E-state index in [0.29, 0.717) is 22.5 Å². The zero-order chi connectivity index (χ0) is 19.6. The van der Waals surface area contributed by atoms with Gasteiger partial charge in [-0.05, 0) is 36.2 Å². The molecule has 142 valence electrons. The van der Waals surface area contributed by atoms with Gasteiger partial charge in [0.15, 0.2) is 0 Å². The molecule has 0 fully saturated rings. The van der Waals surface area contributed by atoms with Crippen molar-refractivity contribution in [3.63, 3.8) is 0 Å². The van der Waals surface area contributed by atoms with Crippen LogP contribution in [0.3, 0.4) is 0 Å². The third-order valence-electron chi connectivity index (χ3n) is 4.27. The molecule has 0 saturated heterocycles. The minimum atomic E-state index is -3.57. The summed E-state index contributed by atoms with van der Waals surface area (Å²) in [6.07, 6.45) is 1.78. The largest absolute Gasteiger partial charge is 0.348 e. The average Bonchev–Trinajstić information content (AvgIpc) is 2.99. The van der Waals surface area contributed by atoms with Gasteiger partial charge in [-0.3, -0.25) is 4.79 Å². The Balaban J connectivity index is 1.88. The number of rotatable bonds is 6. The molecule has 0 aliphatic carbocycles. The standard InChI is InChI=1S/C19H20ClN3O3S/c1-3-15(13-8-10-14(20)11-9-13)21-18(24)12-23-17-7-5-4-6-16(17)22-19(23)27(2,25)26/h4-11,15H,3,12H2,1-2H3,(H,21,24)/t15-/m1/s1. The molecule has 0 spiro atoms. The number of benzene rings is 2. The van der Waals surface area contributed by atoms with Crippen molar-refractivity contribution in [3.05, 3.63) is 59.1 Å². The first-order valence-electron chi connectivity index (χ1n) is 8.49. The van der Waals surface area contributed by atoms with Gasteiger partial charge in [-0.25, -0.2) is 13.4 Å². The molecule has 0 radical (unpaired) electrons. The van der Waals surface area contributed by atoms with E-state index in [4.69, 9.17) is 11.6 Å². The lowest BCUT2D eigenvalue weighted by atomic mass is 10.0. The van der Waals surface area contributed by atoms with Gasteiger partial charge in [0.25, 0.3) is 0 Å². The topological polar surface area (TPSA) is 81.1 Å². The van der Waals surface area contributed by atoms with Crippen LogP contribution in [0.25, 0.3) is 11.0 Å². The van der Waals surface area contributed by atoms with Crippen LogP contribution in [0.5, 0.6) is 0 Å². The fourth-order valence-corrected chi connectivity index (χ4v) is 3.94. The molecule has 0 aliphatic heterocycles. The van der Waals surface area contributed by atoms with Crippen LogP contribution < -0.4 is 5.32 Å². The maximum Gasteiger partial charge on any atom is 0.240 e. The van der Waals surface area contributed by atoms with E-state index >= 15 is 0 Å². The van der Waals surface area contributed by atoms with E-state index in [1.165, 1.54) is 4.57 Å². The van der Waals surface area contributed by atoms with Crippen molar-refractivity contribution >= 4 is 38.4 Å². The number of halogens is 1. The number of imidazole rings is 1. The molecule has 1 heterocycles. The van der Waals surface area contributed by atoms with Crippen molar-refractivity contribution in [2.24, 2.45) is 0 Å². The highest BCUT2D eigenvalue weighted by Crippen LogP contribution is 2.21. The smallest absolute Gasteiger partial charge is 0.240 e. The third-order valence-corrected chi connectivity index (χ3v) is 5.50. The maximum absolute atomic E-state index is 12.7. The van der Waals surface area contributed by atoms with Crippen molar-refractivity contribution < 1.29 is 13.2 Å². The minimum absolute atomic E-state index is 0.113. The van der Waals surface area contributed by atoms with E-state index in [-0.39, 0.29) is 23.7 Å². The van der Waals surface area contributed by atoms with Gasteiger partial charge < -0.3 is 9.88 Å².